The quantitative estimate of drug-likeness (QED) is 0.228. The molecule has 188 valence electrons. The number of hydrogen-bond donors (Lipinski definition) is 0. The van der Waals surface area contributed by atoms with Crippen molar-refractivity contribution in [3.63, 3.8) is 0 Å². The number of carbonyl (C=O) groups excluding carboxylic acids is 1. The predicted molar refractivity (Wildman–Crippen MR) is 123 cm³/mol. The number of hydrogen-bond acceptors (Lipinski definition) is 4. The number of alkyl halides is 3. The van der Waals surface area contributed by atoms with Gasteiger partial charge in [0.25, 0.3) is 0 Å². The van der Waals surface area contributed by atoms with Crippen molar-refractivity contribution < 1.29 is 31.8 Å². The lowest BCUT2D eigenvalue weighted by atomic mass is 9.93. The van der Waals surface area contributed by atoms with Crippen LogP contribution in [0.4, 0.5) is 17.6 Å². The molecule has 0 saturated heterocycles. The smallest absolute Gasteiger partial charge is 0.382 e. The largest absolute Gasteiger partial charge is 0.435 e. The second-order valence-corrected chi connectivity index (χ2v) is 8.43. The Bertz CT molecular complexity index is 1160. The minimum Gasteiger partial charge on any atom is -0.382 e. The van der Waals surface area contributed by atoms with Gasteiger partial charge < -0.3 is 9.47 Å². The molecule has 0 aliphatic rings. The summed E-state index contributed by atoms with van der Waals surface area (Å²) in [6.07, 6.45) is -4.66. The van der Waals surface area contributed by atoms with Gasteiger partial charge >= 0.3 is 6.18 Å². The molecule has 5 nitrogen and oxygen atoms in total. The molecule has 2 aromatic carbocycles. The van der Waals surface area contributed by atoms with Gasteiger partial charge in [0.15, 0.2) is 5.69 Å². The summed E-state index contributed by atoms with van der Waals surface area (Å²) in [6, 6.07) is 11.7. The first-order valence-corrected chi connectivity index (χ1v) is 11.3. The van der Waals surface area contributed by atoms with Gasteiger partial charge in [0.05, 0.1) is 25.5 Å². The summed E-state index contributed by atoms with van der Waals surface area (Å²) >= 11 is 5.99. The van der Waals surface area contributed by atoms with E-state index in [-0.39, 0.29) is 30.9 Å². The molecule has 0 amide bonds. The van der Waals surface area contributed by atoms with E-state index in [0.29, 0.717) is 35.1 Å². The molecule has 0 saturated carbocycles. The molecular weight excluding hydrogens is 488 g/mol. The van der Waals surface area contributed by atoms with E-state index in [1.807, 2.05) is 0 Å². The first-order chi connectivity index (χ1) is 16.6. The third-order valence-corrected chi connectivity index (χ3v) is 5.74. The highest BCUT2D eigenvalue weighted by Crippen LogP contribution is 2.31. The van der Waals surface area contributed by atoms with Crippen LogP contribution >= 0.6 is 11.6 Å². The van der Waals surface area contributed by atoms with Crippen LogP contribution in [0.3, 0.4) is 0 Å². The van der Waals surface area contributed by atoms with Gasteiger partial charge in [-0.25, -0.2) is 9.07 Å². The number of aryl methyl sites for hydroxylation is 1. The van der Waals surface area contributed by atoms with Crippen LogP contribution in [0.1, 0.15) is 41.8 Å². The highest BCUT2D eigenvalue weighted by molar-refractivity contribution is 6.30. The van der Waals surface area contributed by atoms with Crippen LogP contribution in [0.25, 0.3) is 5.69 Å². The van der Waals surface area contributed by atoms with Gasteiger partial charge in [-0.2, -0.15) is 18.3 Å². The van der Waals surface area contributed by atoms with Crippen molar-refractivity contribution >= 4 is 17.4 Å². The van der Waals surface area contributed by atoms with Crippen LogP contribution in [-0.2, 0) is 33.5 Å². The van der Waals surface area contributed by atoms with Crippen molar-refractivity contribution in [2.45, 2.75) is 38.5 Å². The molecule has 0 N–H and O–H groups in total. The summed E-state index contributed by atoms with van der Waals surface area (Å²) in [5, 5.41) is 4.03. The molecule has 1 atom stereocenters. The SMILES string of the molecule is COCCOCc1ccc(C(C)C(=O)CCc2cc(C(F)(F)F)nn2-c2cccc(Cl)c2)cc1F. The van der Waals surface area contributed by atoms with E-state index in [1.54, 1.807) is 37.3 Å². The molecule has 0 aliphatic carbocycles. The Morgan fingerprint density at radius 3 is 2.57 bits per heavy atom. The Morgan fingerprint density at radius 2 is 1.91 bits per heavy atom. The van der Waals surface area contributed by atoms with Crippen LogP contribution in [0.5, 0.6) is 0 Å². The topological polar surface area (TPSA) is 53.4 Å². The van der Waals surface area contributed by atoms with Gasteiger partial charge in [-0.15, -0.1) is 0 Å². The first-order valence-electron chi connectivity index (χ1n) is 10.9. The Hall–Kier alpha value is -2.75. The molecule has 35 heavy (non-hydrogen) atoms. The average Bonchev–Trinajstić information content (AvgIpc) is 3.25. The van der Waals surface area contributed by atoms with Crippen molar-refractivity contribution in [2.24, 2.45) is 0 Å². The summed E-state index contributed by atoms with van der Waals surface area (Å²) in [5.41, 5.74) is 0.351. The van der Waals surface area contributed by atoms with Crippen LogP contribution in [0.15, 0.2) is 48.5 Å². The Balaban J connectivity index is 1.72. The number of ether oxygens (including phenoxy) is 2. The molecule has 1 aromatic heterocycles. The molecule has 1 heterocycles. The van der Waals surface area contributed by atoms with Crippen LogP contribution in [0, 0.1) is 5.82 Å². The lowest BCUT2D eigenvalue weighted by Crippen LogP contribution is -2.12. The summed E-state index contributed by atoms with van der Waals surface area (Å²) in [5.74, 6) is -1.37. The number of benzene rings is 2. The molecule has 10 heteroatoms. The fraction of sp³-hybridized carbons (Fsp3) is 0.360. The zero-order valence-corrected chi connectivity index (χ0v) is 20.0. The van der Waals surface area contributed by atoms with E-state index in [2.05, 4.69) is 5.10 Å². The summed E-state index contributed by atoms with van der Waals surface area (Å²) in [6.45, 7) is 2.44. The van der Waals surface area contributed by atoms with Gasteiger partial charge in [0, 0.05) is 35.7 Å². The molecule has 0 aliphatic heterocycles. The van der Waals surface area contributed by atoms with Gasteiger partial charge in [0.2, 0.25) is 0 Å². The van der Waals surface area contributed by atoms with E-state index in [4.69, 9.17) is 21.1 Å². The normalized spacial score (nSPS) is 12.7. The van der Waals surface area contributed by atoms with Crippen LogP contribution < -0.4 is 0 Å². The van der Waals surface area contributed by atoms with Gasteiger partial charge in [0.1, 0.15) is 11.6 Å². The molecule has 1 unspecified atom stereocenters. The molecule has 0 fully saturated rings. The molecular formula is C25H25ClF4N2O3. The second kappa shape index (κ2) is 11.8. The highest BCUT2D eigenvalue weighted by Gasteiger charge is 2.35. The number of ketones is 1. The van der Waals surface area contributed by atoms with Crippen molar-refractivity contribution in [1.82, 2.24) is 9.78 Å². The van der Waals surface area contributed by atoms with E-state index >= 15 is 0 Å². The van der Waals surface area contributed by atoms with E-state index < -0.39 is 23.6 Å². The number of aromatic nitrogens is 2. The fourth-order valence-corrected chi connectivity index (χ4v) is 3.68. The molecule has 3 rings (SSSR count). The Morgan fingerprint density at radius 1 is 1.14 bits per heavy atom. The van der Waals surface area contributed by atoms with Crippen molar-refractivity contribution in [2.75, 3.05) is 20.3 Å². The second-order valence-electron chi connectivity index (χ2n) is 7.99. The van der Waals surface area contributed by atoms with Crippen molar-refractivity contribution in [1.29, 1.82) is 0 Å². The van der Waals surface area contributed by atoms with E-state index in [0.717, 1.165) is 10.7 Å². The number of carbonyl (C=O) groups is 1. The molecule has 0 spiro atoms. The number of methoxy groups -OCH3 is 1. The van der Waals surface area contributed by atoms with Gasteiger partial charge in [-0.1, -0.05) is 36.7 Å². The minimum atomic E-state index is -4.64. The monoisotopic (exact) mass is 512 g/mol. The van der Waals surface area contributed by atoms with Gasteiger partial charge in [-0.05, 0) is 42.3 Å². The van der Waals surface area contributed by atoms with Crippen LogP contribution in [-0.4, -0.2) is 35.9 Å². The third-order valence-electron chi connectivity index (χ3n) is 5.50. The number of Topliss-reactive ketones (excluding diaryl/α,β-unsaturated/α-hetero) is 1. The highest BCUT2D eigenvalue weighted by atomic mass is 35.5. The van der Waals surface area contributed by atoms with Crippen molar-refractivity contribution in [3.8, 4) is 5.69 Å². The third kappa shape index (κ3) is 7.13. The summed E-state index contributed by atoms with van der Waals surface area (Å²) < 4.78 is 65.7. The summed E-state index contributed by atoms with van der Waals surface area (Å²) in [4.78, 5) is 12.8. The number of halogens is 5. The Kier molecular flexibility index (Phi) is 9.04. The fourth-order valence-electron chi connectivity index (χ4n) is 3.50. The zero-order valence-electron chi connectivity index (χ0n) is 19.2. The molecule has 0 bridgehead atoms. The van der Waals surface area contributed by atoms with E-state index in [1.165, 1.54) is 19.2 Å². The Labute approximate surface area is 205 Å². The predicted octanol–water partition coefficient (Wildman–Crippen LogP) is 6.15. The molecule has 3 aromatic rings. The van der Waals surface area contributed by atoms with Crippen LogP contribution in [0.2, 0.25) is 5.02 Å². The number of rotatable bonds is 11. The lowest BCUT2D eigenvalue weighted by molar-refractivity contribution is -0.141. The maximum Gasteiger partial charge on any atom is 0.435 e. The standard InChI is InChI=1S/C25H25ClF4N2O3/c1-16(17-6-7-18(22(27)12-17)15-35-11-10-34-2)23(33)9-8-21-14-24(25(28,29)30)31-32(21)20-5-3-4-19(26)13-20/h3-7,12-14,16H,8-11,15H2,1-2H3. The maximum absolute atomic E-state index is 14.5. The van der Waals surface area contributed by atoms with Gasteiger partial charge in [-0.3, -0.25) is 4.79 Å². The lowest BCUT2D eigenvalue weighted by Gasteiger charge is -2.13. The van der Waals surface area contributed by atoms with Crippen molar-refractivity contribution in [3.05, 3.63) is 81.9 Å². The molecule has 0 radical (unpaired) electrons. The first kappa shape index (κ1) is 26.8. The van der Waals surface area contributed by atoms with E-state index in [9.17, 15) is 22.4 Å². The number of nitrogens with zero attached hydrogens (tertiary/aromatic N) is 2. The summed E-state index contributed by atoms with van der Waals surface area (Å²) in [7, 11) is 1.54. The zero-order chi connectivity index (χ0) is 25.6. The maximum atomic E-state index is 14.5. The average molecular weight is 513 g/mol. The minimum absolute atomic E-state index is 0.0205.